The van der Waals surface area contributed by atoms with Gasteiger partial charge in [0.1, 0.15) is 5.82 Å². The number of fused-ring (bicyclic) bond motifs is 1. The van der Waals surface area contributed by atoms with Crippen LogP contribution in [0, 0.1) is 6.92 Å². The highest BCUT2D eigenvalue weighted by molar-refractivity contribution is 5.99. The Morgan fingerprint density at radius 1 is 1.14 bits per heavy atom. The number of aryl methyl sites for hydroxylation is 1. The van der Waals surface area contributed by atoms with Gasteiger partial charge < -0.3 is 19.4 Å². The highest BCUT2D eigenvalue weighted by atomic mass is 16.5. The molecule has 2 saturated heterocycles. The summed E-state index contributed by atoms with van der Waals surface area (Å²) >= 11 is 0. The molecule has 2 aliphatic rings. The number of hydrogen-bond acceptors (Lipinski definition) is 5. The zero-order valence-corrected chi connectivity index (χ0v) is 21.4. The number of rotatable bonds is 7. The molecule has 2 fully saturated rings. The number of ether oxygens (including phenoxy) is 1. The lowest BCUT2D eigenvalue weighted by Crippen LogP contribution is -2.37. The molecule has 2 amide bonds. The van der Waals surface area contributed by atoms with Crippen molar-refractivity contribution in [3.8, 4) is 0 Å². The van der Waals surface area contributed by atoms with Crippen LogP contribution in [0.5, 0.6) is 0 Å². The van der Waals surface area contributed by atoms with E-state index in [9.17, 15) is 9.59 Å². The molecule has 36 heavy (non-hydrogen) atoms. The van der Waals surface area contributed by atoms with Crippen LogP contribution >= 0.6 is 0 Å². The fraction of sp³-hybridized carbons (Fsp3) is 0.414. The van der Waals surface area contributed by atoms with Crippen molar-refractivity contribution in [3.63, 3.8) is 0 Å². The fourth-order valence-corrected chi connectivity index (χ4v) is 5.25. The minimum absolute atomic E-state index is 0.0239. The zero-order chi connectivity index (χ0) is 25.2. The van der Waals surface area contributed by atoms with Crippen molar-refractivity contribution in [1.29, 1.82) is 0 Å². The number of benzene rings is 2. The number of hydrogen-bond donors (Lipinski definition) is 0. The fourth-order valence-electron chi connectivity index (χ4n) is 5.25. The van der Waals surface area contributed by atoms with Crippen molar-refractivity contribution in [3.05, 3.63) is 65.2 Å². The van der Waals surface area contributed by atoms with E-state index in [4.69, 9.17) is 9.72 Å². The first-order valence-electron chi connectivity index (χ1n) is 12.8. The van der Waals surface area contributed by atoms with E-state index in [0.29, 0.717) is 31.6 Å². The van der Waals surface area contributed by atoms with Gasteiger partial charge in [0.2, 0.25) is 5.91 Å². The average molecular weight is 487 g/mol. The molecular weight excluding hydrogens is 452 g/mol. The summed E-state index contributed by atoms with van der Waals surface area (Å²) in [5.74, 6) is 0.912. The number of carbonyl (C=O) groups excluding carboxylic acids is 2. The topological polar surface area (TPSA) is 66.0 Å². The molecule has 2 aliphatic heterocycles. The smallest absolute Gasteiger partial charge is 0.254 e. The van der Waals surface area contributed by atoms with Crippen molar-refractivity contribution >= 4 is 34.2 Å². The van der Waals surface area contributed by atoms with Crippen LogP contribution in [-0.2, 0) is 16.1 Å². The van der Waals surface area contributed by atoms with Gasteiger partial charge in [-0.15, -0.1) is 0 Å². The summed E-state index contributed by atoms with van der Waals surface area (Å²) in [7, 11) is 3.97. The number of nitrogens with zero attached hydrogens (tertiary/aromatic N) is 4. The molecule has 5 rings (SSSR count). The quantitative estimate of drug-likeness (QED) is 0.490. The molecular formula is C29H34N4O3. The third-order valence-electron chi connectivity index (χ3n) is 7.10. The predicted octanol–water partition coefficient (Wildman–Crippen LogP) is 4.56. The molecule has 0 spiro atoms. The van der Waals surface area contributed by atoms with Gasteiger partial charge in [0, 0.05) is 69.0 Å². The Kier molecular flexibility index (Phi) is 6.92. The number of para-hydroxylation sites is 1. The summed E-state index contributed by atoms with van der Waals surface area (Å²) in [6, 6.07) is 15.8. The van der Waals surface area contributed by atoms with Gasteiger partial charge >= 0.3 is 0 Å². The Morgan fingerprint density at radius 2 is 1.97 bits per heavy atom. The van der Waals surface area contributed by atoms with Gasteiger partial charge in [-0.3, -0.25) is 9.59 Å². The first kappa shape index (κ1) is 24.3. The van der Waals surface area contributed by atoms with Crippen LogP contribution in [0.1, 0.15) is 47.2 Å². The summed E-state index contributed by atoms with van der Waals surface area (Å²) in [5.41, 5.74) is 4.47. The Labute approximate surface area is 212 Å². The van der Waals surface area contributed by atoms with Gasteiger partial charge in [-0.2, -0.15) is 0 Å². The van der Waals surface area contributed by atoms with Crippen LogP contribution in [0.3, 0.4) is 0 Å². The van der Waals surface area contributed by atoms with E-state index in [1.165, 1.54) is 0 Å². The number of anilines is 2. The maximum atomic E-state index is 13.9. The molecule has 0 radical (unpaired) electrons. The van der Waals surface area contributed by atoms with Gasteiger partial charge in [-0.1, -0.05) is 24.3 Å². The first-order chi connectivity index (χ1) is 17.4. The van der Waals surface area contributed by atoms with Gasteiger partial charge in [0.15, 0.2) is 0 Å². The highest BCUT2D eigenvalue weighted by Gasteiger charge is 2.27. The molecule has 188 valence electrons. The summed E-state index contributed by atoms with van der Waals surface area (Å²) in [6.07, 6.45) is 3.39. The van der Waals surface area contributed by atoms with E-state index in [1.807, 2.05) is 54.2 Å². The minimum atomic E-state index is -0.0620. The summed E-state index contributed by atoms with van der Waals surface area (Å²) in [5, 5.41) is 1.06. The van der Waals surface area contributed by atoms with E-state index >= 15 is 0 Å². The second kappa shape index (κ2) is 10.3. The molecule has 0 bridgehead atoms. The molecule has 1 atom stereocenters. The molecule has 0 aliphatic carbocycles. The molecule has 0 N–H and O–H groups in total. The van der Waals surface area contributed by atoms with Gasteiger partial charge in [-0.25, -0.2) is 4.98 Å². The summed E-state index contributed by atoms with van der Waals surface area (Å²) in [6.45, 7) is 4.45. The predicted molar refractivity (Wildman–Crippen MR) is 143 cm³/mol. The lowest BCUT2D eigenvalue weighted by molar-refractivity contribution is -0.117. The monoisotopic (exact) mass is 486 g/mol. The molecule has 2 aromatic carbocycles. The molecule has 1 unspecified atom stereocenters. The molecule has 7 nitrogen and oxygen atoms in total. The highest BCUT2D eigenvalue weighted by Crippen LogP contribution is 2.28. The van der Waals surface area contributed by atoms with Crippen LogP contribution in [0.2, 0.25) is 0 Å². The van der Waals surface area contributed by atoms with Crippen LogP contribution < -0.4 is 9.80 Å². The standard InChI is InChI=1S/C29H34N4O3/c1-20-8-4-9-21-16-23(28(31(2)3)30-27(20)21)18-32(19-25-12-7-15-36-25)29(35)22-10-5-11-24(17-22)33-14-6-13-26(33)34/h4-5,8-11,16-17,25H,6-7,12-15,18-19H2,1-3H3. The van der Waals surface area contributed by atoms with E-state index < -0.39 is 0 Å². The second-order valence-corrected chi connectivity index (χ2v) is 10.0. The van der Waals surface area contributed by atoms with E-state index in [-0.39, 0.29) is 17.9 Å². The third kappa shape index (κ3) is 4.93. The largest absolute Gasteiger partial charge is 0.376 e. The van der Waals surface area contributed by atoms with Crippen molar-refractivity contribution < 1.29 is 14.3 Å². The number of carbonyl (C=O) groups is 2. The summed E-state index contributed by atoms with van der Waals surface area (Å²) < 4.78 is 5.92. The normalized spacial score (nSPS) is 17.7. The van der Waals surface area contributed by atoms with E-state index in [2.05, 4.69) is 25.1 Å². The van der Waals surface area contributed by atoms with Crippen molar-refractivity contribution in [2.75, 3.05) is 43.6 Å². The van der Waals surface area contributed by atoms with Gasteiger partial charge in [-0.05, 0) is 56.0 Å². The minimum Gasteiger partial charge on any atom is -0.376 e. The van der Waals surface area contributed by atoms with Crippen molar-refractivity contribution in [1.82, 2.24) is 9.88 Å². The van der Waals surface area contributed by atoms with Crippen molar-refractivity contribution in [2.45, 2.75) is 45.3 Å². The molecule has 1 aromatic heterocycles. The van der Waals surface area contributed by atoms with Crippen LogP contribution in [0.15, 0.2) is 48.5 Å². The number of amides is 2. The van der Waals surface area contributed by atoms with Crippen LogP contribution in [-0.4, -0.2) is 61.6 Å². The lowest BCUT2D eigenvalue weighted by Gasteiger charge is -2.28. The second-order valence-electron chi connectivity index (χ2n) is 10.0. The Balaban J connectivity index is 1.50. The lowest BCUT2D eigenvalue weighted by atomic mass is 10.1. The maximum Gasteiger partial charge on any atom is 0.254 e. The Bertz CT molecular complexity index is 1280. The van der Waals surface area contributed by atoms with Crippen LogP contribution in [0.25, 0.3) is 10.9 Å². The number of aromatic nitrogens is 1. The van der Waals surface area contributed by atoms with E-state index in [0.717, 1.165) is 59.4 Å². The maximum absolute atomic E-state index is 13.9. The SMILES string of the molecule is Cc1cccc2cc(CN(CC3CCCO3)C(=O)c3cccc(N4CCCC4=O)c3)c(N(C)C)nc12. The van der Waals surface area contributed by atoms with Gasteiger partial charge in [0.05, 0.1) is 11.6 Å². The molecule has 0 saturated carbocycles. The van der Waals surface area contributed by atoms with Gasteiger partial charge in [0.25, 0.3) is 5.91 Å². The third-order valence-corrected chi connectivity index (χ3v) is 7.10. The average Bonchev–Trinajstić information content (AvgIpc) is 3.54. The molecule has 7 heteroatoms. The van der Waals surface area contributed by atoms with E-state index in [1.54, 1.807) is 4.90 Å². The number of pyridine rings is 1. The Morgan fingerprint density at radius 3 is 2.69 bits per heavy atom. The Hall–Kier alpha value is -3.45. The molecule has 3 heterocycles. The van der Waals surface area contributed by atoms with Crippen molar-refractivity contribution in [2.24, 2.45) is 0 Å². The molecule has 3 aromatic rings. The first-order valence-corrected chi connectivity index (χ1v) is 12.8. The zero-order valence-electron chi connectivity index (χ0n) is 21.4. The summed E-state index contributed by atoms with van der Waals surface area (Å²) in [4.78, 5) is 36.9. The van der Waals surface area contributed by atoms with Crippen LogP contribution in [0.4, 0.5) is 11.5 Å².